The number of likely N-dealkylation sites (tertiary alicyclic amines) is 1. The average molecular weight is 403 g/mol. The van der Waals surface area contributed by atoms with E-state index in [4.69, 9.17) is 21.1 Å². The fourth-order valence-electron chi connectivity index (χ4n) is 3.92. The lowest BCUT2D eigenvalue weighted by Crippen LogP contribution is -2.40. The Morgan fingerprint density at radius 1 is 1.29 bits per heavy atom. The number of rotatable bonds is 2. The fourth-order valence-corrected chi connectivity index (χ4v) is 4.15. The predicted octanol–water partition coefficient (Wildman–Crippen LogP) is 3.04. The SMILES string of the molecule is CN1CCC(c2c(O)cc([OH2+])c3c(=O)cc(-c4ccccc4Cl)oc23)[C@H](O)C1. The molecule has 0 radical (unpaired) electrons. The summed E-state index contributed by atoms with van der Waals surface area (Å²) in [6, 6.07) is 9.55. The average Bonchev–Trinajstić information content (AvgIpc) is 2.63. The number of phenols is 1. The molecule has 3 aromatic rings. The molecule has 0 aliphatic carbocycles. The number of aliphatic hydroxyl groups excluding tert-OH is 1. The number of phenolic OH excluding ortho intramolecular Hbond substituents is 1. The normalized spacial score (nSPS) is 20.5. The Balaban J connectivity index is 2.00. The second kappa shape index (κ2) is 7.13. The molecule has 1 fully saturated rings. The molecule has 0 amide bonds. The number of aromatic hydroxyl groups is 1. The van der Waals surface area contributed by atoms with Crippen molar-refractivity contribution in [1.29, 1.82) is 0 Å². The highest BCUT2D eigenvalue weighted by atomic mass is 35.5. The van der Waals surface area contributed by atoms with E-state index in [9.17, 15) is 15.0 Å². The van der Waals surface area contributed by atoms with Gasteiger partial charge in [0.2, 0.25) is 5.43 Å². The highest BCUT2D eigenvalue weighted by molar-refractivity contribution is 6.33. The Bertz CT molecular complexity index is 1110. The van der Waals surface area contributed by atoms with Crippen LogP contribution in [0.2, 0.25) is 5.02 Å². The molecular weight excluding hydrogens is 382 g/mol. The van der Waals surface area contributed by atoms with Gasteiger partial charge in [-0.1, -0.05) is 23.7 Å². The van der Waals surface area contributed by atoms with Gasteiger partial charge in [-0.25, -0.2) is 0 Å². The topological polar surface area (TPSA) is 96.8 Å². The summed E-state index contributed by atoms with van der Waals surface area (Å²) in [4.78, 5) is 14.8. The molecule has 28 heavy (non-hydrogen) atoms. The van der Waals surface area contributed by atoms with Crippen LogP contribution < -0.4 is 5.43 Å². The van der Waals surface area contributed by atoms with Crippen LogP contribution >= 0.6 is 11.6 Å². The van der Waals surface area contributed by atoms with E-state index in [0.29, 0.717) is 29.1 Å². The maximum Gasteiger partial charge on any atom is 0.272 e. The molecule has 4 rings (SSSR count). The van der Waals surface area contributed by atoms with Gasteiger partial charge < -0.3 is 24.6 Å². The number of halogens is 1. The number of piperidine rings is 1. The van der Waals surface area contributed by atoms with E-state index in [2.05, 4.69) is 0 Å². The molecular formula is C21H21ClNO5+. The van der Waals surface area contributed by atoms with Gasteiger partial charge in [0.1, 0.15) is 11.5 Å². The van der Waals surface area contributed by atoms with Gasteiger partial charge in [-0.2, -0.15) is 0 Å². The lowest BCUT2D eigenvalue weighted by molar-refractivity contribution is 0.0630. The minimum Gasteiger partial charge on any atom is -0.593 e. The second-order valence-electron chi connectivity index (χ2n) is 7.24. The molecule has 1 saturated heterocycles. The van der Waals surface area contributed by atoms with Crippen molar-refractivity contribution in [2.24, 2.45) is 0 Å². The molecule has 2 atom stereocenters. The Morgan fingerprint density at radius 3 is 2.75 bits per heavy atom. The molecule has 1 aliphatic heterocycles. The van der Waals surface area contributed by atoms with Gasteiger partial charge in [0.05, 0.1) is 17.2 Å². The van der Waals surface area contributed by atoms with Crippen LogP contribution in [0.25, 0.3) is 22.3 Å². The van der Waals surface area contributed by atoms with E-state index in [1.165, 1.54) is 12.1 Å². The summed E-state index contributed by atoms with van der Waals surface area (Å²) in [7, 11) is 1.92. The lowest BCUT2D eigenvalue weighted by Gasteiger charge is -2.34. The van der Waals surface area contributed by atoms with Crippen molar-refractivity contribution in [3.8, 4) is 22.8 Å². The number of hydrogen-bond donors (Lipinski definition) is 2. The smallest absolute Gasteiger partial charge is 0.272 e. The minimum absolute atomic E-state index is 0.0923. The molecule has 0 bridgehead atoms. The largest absolute Gasteiger partial charge is 0.593 e. The van der Waals surface area contributed by atoms with Crippen LogP contribution in [-0.4, -0.2) is 46.5 Å². The van der Waals surface area contributed by atoms with E-state index in [1.54, 1.807) is 24.3 Å². The van der Waals surface area contributed by atoms with Crippen molar-refractivity contribution < 1.29 is 19.7 Å². The lowest BCUT2D eigenvalue weighted by atomic mass is 9.85. The van der Waals surface area contributed by atoms with Crippen molar-refractivity contribution in [2.45, 2.75) is 18.4 Å². The monoisotopic (exact) mass is 402 g/mol. The van der Waals surface area contributed by atoms with Gasteiger partial charge in [-0.05, 0) is 32.1 Å². The molecule has 0 spiro atoms. The summed E-state index contributed by atoms with van der Waals surface area (Å²) in [5.41, 5.74) is 0.677. The van der Waals surface area contributed by atoms with Crippen molar-refractivity contribution in [3.63, 3.8) is 0 Å². The second-order valence-corrected chi connectivity index (χ2v) is 7.65. The van der Waals surface area contributed by atoms with Crippen LogP contribution in [0.5, 0.6) is 11.5 Å². The van der Waals surface area contributed by atoms with Crippen molar-refractivity contribution in [3.05, 3.63) is 57.2 Å². The first-order valence-corrected chi connectivity index (χ1v) is 9.41. The van der Waals surface area contributed by atoms with E-state index >= 15 is 0 Å². The van der Waals surface area contributed by atoms with E-state index in [1.807, 2.05) is 11.9 Å². The van der Waals surface area contributed by atoms with Crippen molar-refractivity contribution >= 4 is 22.6 Å². The number of aliphatic hydroxyl groups is 1. The maximum absolute atomic E-state index is 12.8. The molecule has 2 heterocycles. The number of benzene rings is 2. The zero-order chi connectivity index (χ0) is 20.0. The third-order valence-electron chi connectivity index (χ3n) is 5.31. The Kier molecular flexibility index (Phi) is 4.79. The molecule has 1 aliphatic rings. The van der Waals surface area contributed by atoms with Gasteiger partial charge in [0.25, 0.3) is 5.75 Å². The summed E-state index contributed by atoms with van der Waals surface area (Å²) >= 11 is 6.26. The first-order valence-electron chi connectivity index (χ1n) is 9.03. The van der Waals surface area contributed by atoms with Gasteiger partial charge in [0, 0.05) is 29.7 Å². The summed E-state index contributed by atoms with van der Waals surface area (Å²) in [5.74, 6) is -0.399. The molecule has 1 unspecified atom stereocenters. The molecule has 2 aromatic carbocycles. The van der Waals surface area contributed by atoms with Crippen LogP contribution in [0.15, 0.2) is 45.6 Å². The molecule has 6 nitrogen and oxygen atoms in total. The van der Waals surface area contributed by atoms with Crippen LogP contribution in [0.1, 0.15) is 17.9 Å². The highest BCUT2D eigenvalue weighted by Gasteiger charge is 2.33. The number of likely N-dealkylation sites (N-methyl/N-ethyl adjacent to an activating group) is 1. The molecule has 146 valence electrons. The number of hydrogen-bond acceptors (Lipinski definition) is 5. The summed E-state index contributed by atoms with van der Waals surface area (Å²) in [6.45, 7) is 1.18. The number of β-amino-alcohol motifs (C(OH)–C–C–N with tert-alkyl or cyclic N) is 1. The number of fused-ring (bicyclic) bond motifs is 1. The minimum atomic E-state index is -0.723. The third kappa shape index (κ3) is 3.13. The van der Waals surface area contributed by atoms with Crippen LogP contribution in [0.4, 0.5) is 0 Å². The zero-order valence-electron chi connectivity index (χ0n) is 15.3. The summed E-state index contributed by atoms with van der Waals surface area (Å²) < 4.78 is 6.04. The standard InChI is InChI=1S/C21H20ClNO5/c1-23-7-6-12(17(27)10-23)19-14(24)8-15(25)20-16(26)9-18(28-21(19)20)11-4-2-3-5-13(11)22/h2-5,8-9,12,17,24-25,27H,6-7,10H2,1H3/p+1/t12?,17-/m1/s1. The highest BCUT2D eigenvalue weighted by Crippen LogP contribution is 2.42. The first-order chi connectivity index (χ1) is 13.4. The molecule has 0 saturated carbocycles. The quantitative estimate of drug-likeness (QED) is 0.642. The molecule has 4 N–H and O–H groups in total. The van der Waals surface area contributed by atoms with Gasteiger partial charge in [-0.15, -0.1) is 0 Å². The third-order valence-corrected chi connectivity index (χ3v) is 5.64. The van der Waals surface area contributed by atoms with Crippen molar-refractivity contribution in [2.75, 3.05) is 20.1 Å². The van der Waals surface area contributed by atoms with Gasteiger partial charge >= 0.3 is 0 Å². The molecule has 1 aromatic heterocycles. The van der Waals surface area contributed by atoms with Crippen molar-refractivity contribution in [1.82, 2.24) is 4.90 Å². The van der Waals surface area contributed by atoms with Crippen LogP contribution in [0, 0.1) is 0 Å². The van der Waals surface area contributed by atoms with E-state index < -0.39 is 12.0 Å². The Morgan fingerprint density at radius 2 is 2.04 bits per heavy atom. The molecule has 7 heteroatoms. The van der Waals surface area contributed by atoms with E-state index in [0.717, 1.165) is 6.54 Å². The fraction of sp³-hybridized carbons (Fsp3) is 0.286. The van der Waals surface area contributed by atoms with Crippen LogP contribution in [-0.2, 0) is 0 Å². The number of nitrogens with zero attached hydrogens (tertiary/aromatic N) is 1. The Labute approximate surface area is 166 Å². The Hall–Kier alpha value is -2.54. The first kappa shape index (κ1) is 18.8. The predicted molar refractivity (Wildman–Crippen MR) is 109 cm³/mol. The van der Waals surface area contributed by atoms with Gasteiger partial charge in [0.15, 0.2) is 11.0 Å². The zero-order valence-corrected chi connectivity index (χ0v) is 16.0. The van der Waals surface area contributed by atoms with Crippen LogP contribution in [0.3, 0.4) is 0 Å². The summed E-state index contributed by atoms with van der Waals surface area (Å²) in [6.07, 6.45) is -0.128. The van der Waals surface area contributed by atoms with Gasteiger partial charge in [-0.3, -0.25) is 4.79 Å². The summed E-state index contributed by atoms with van der Waals surface area (Å²) in [5, 5.41) is 29.9. The maximum atomic E-state index is 12.8. The van der Waals surface area contributed by atoms with E-state index in [-0.39, 0.29) is 33.7 Å².